The third-order valence-corrected chi connectivity index (χ3v) is 5.61. The summed E-state index contributed by atoms with van der Waals surface area (Å²) in [5.74, 6) is -0.519. The normalized spacial score (nSPS) is 16.7. The molecule has 2 aliphatic heterocycles. The van der Waals surface area contributed by atoms with E-state index in [1.165, 1.54) is 12.1 Å². The van der Waals surface area contributed by atoms with Gasteiger partial charge in [0.05, 0.1) is 5.69 Å². The van der Waals surface area contributed by atoms with Crippen molar-refractivity contribution in [1.82, 2.24) is 9.88 Å². The number of carbonyl (C=O) groups is 3. The van der Waals surface area contributed by atoms with Gasteiger partial charge in [0.15, 0.2) is 11.5 Å². The van der Waals surface area contributed by atoms with Crippen molar-refractivity contribution in [3.05, 3.63) is 75.6 Å². The van der Waals surface area contributed by atoms with E-state index >= 15 is 0 Å². The number of carbonyl (C=O) groups excluding carboxylic acids is 3. The van der Waals surface area contributed by atoms with Crippen LogP contribution in [-0.4, -0.2) is 29.2 Å². The molecule has 8 nitrogen and oxygen atoms in total. The lowest BCUT2D eigenvalue weighted by molar-refractivity contribution is -0.122. The minimum atomic E-state index is -0.820. The predicted octanol–water partition coefficient (Wildman–Crippen LogP) is 3.48. The molecule has 2 aliphatic rings. The summed E-state index contributed by atoms with van der Waals surface area (Å²) in [6.07, 6.45) is 3.31. The van der Waals surface area contributed by atoms with Crippen molar-refractivity contribution in [2.45, 2.75) is 0 Å². The highest BCUT2D eigenvalue weighted by atomic mass is 127. The molecule has 0 atom stereocenters. The fourth-order valence-electron chi connectivity index (χ4n) is 3.41. The summed E-state index contributed by atoms with van der Waals surface area (Å²) in [4.78, 5) is 39.0. The zero-order valence-corrected chi connectivity index (χ0v) is 18.0. The number of rotatable bonds is 3. The van der Waals surface area contributed by atoms with Crippen molar-refractivity contribution < 1.29 is 23.9 Å². The van der Waals surface area contributed by atoms with E-state index in [9.17, 15) is 14.4 Å². The van der Waals surface area contributed by atoms with Gasteiger partial charge in [-0.2, -0.15) is 0 Å². The zero-order chi connectivity index (χ0) is 21.5. The molecular weight excluding hydrogens is 513 g/mol. The highest BCUT2D eigenvalue weighted by Crippen LogP contribution is 2.36. The summed E-state index contributed by atoms with van der Waals surface area (Å²) in [5.41, 5.74) is 1.63. The van der Waals surface area contributed by atoms with Gasteiger partial charge >= 0.3 is 6.03 Å². The van der Waals surface area contributed by atoms with Gasteiger partial charge in [0.1, 0.15) is 5.57 Å². The minimum Gasteiger partial charge on any atom is -0.454 e. The highest BCUT2D eigenvalue weighted by Gasteiger charge is 2.37. The van der Waals surface area contributed by atoms with Gasteiger partial charge in [-0.3, -0.25) is 14.9 Å². The molecule has 0 saturated carbocycles. The average Bonchev–Trinajstić information content (AvgIpc) is 3.40. The first kappa shape index (κ1) is 19.4. The molecule has 0 spiro atoms. The Balaban J connectivity index is 1.53. The Morgan fingerprint density at radius 1 is 0.935 bits per heavy atom. The standard InChI is InChI=1S/C22H14IN3O5/c23-13-3-5-14(6-4-13)25-9-1-2-15(25)10-17-20(27)24-22(29)26(21(17)28)16-7-8-18-19(11-16)31-12-30-18/h1-11H,12H2,(H,24,27,29)/b17-10+. The summed E-state index contributed by atoms with van der Waals surface area (Å²) in [6.45, 7) is 0.0676. The third kappa shape index (κ3) is 3.46. The first-order valence-corrected chi connectivity index (χ1v) is 10.3. The van der Waals surface area contributed by atoms with E-state index in [1.807, 2.05) is 41.1 Å². The third-order valence-electron chi connectivity index (χ3n) is 4.89. The second-order valence-corrected chi connectivity index (χ2v) is 8.02. The van der Waals surface area contributed by atoms with Gasteiger partial charge in [-0.25, -0.2) is 9.69 Å². The van der Waals surface area contributed by atoms with Crippen LogP contribution in [0.4, 0.5) is 10.5 Å². The maximum Gasteiger partial charge on any atom is 0.335 e. The predicted molar refractivity (Wildman–Crippen MR) is 120 cm³/mol. The fraction of sp³-hybridized carbons (Fsp3) is 0.0455. The summed E-state index contributed by atoms with van der Waals surface area (Å²) in [5, 5.41) is 2.23. The Kier molecular flexibility index (Phi) is 4.74. The second-order valence-electron chi connectivity index (χ2n) is 6.77. The van der Waals surface area contributed by atoms with E-state index in [2.05, 4.69) is 27.9 Å². The van der Waals surface area contributed by atoms with E-state index in [1.54, 1.807) is 18.2 Å². The Bertz CT molecular complexity index is 1260. The lowest BCUT2D eigenvalue weighted by Gasteiger charge is -2.26. The van der Waals surface area contributed by atoms with Crippen LogP contribution < -0.4 is 19.7 Å². The number of barbiturate groups is 1. The largest absolute Gasteiger partial charge is 0.454 e. The Morgan fingerprint density at radius 3 is 2.48 bits per heavy atom. The van der Waals surface area contributed by atoms with Gasteiger partial charge in [0.2, 0.25) is 6.79 Å². The van der Waals surface area contributed by atoms with Crippen LogP contribution in [-0.2, 0) is 9.59 Å². The van der Waals surface area contributed by atoms with Gasteiger partial charge in [-0.05, 0) is 77.2 Å². The molecule has 0 aliphatic carbocycles. The van der Waals surface area contributed by atoms with E-state index in [0.29, 0.717) is 17.2 Å². The van der Waals surface area contributed by atoms with E-state index in [0.717, 1.165) is 14.2 Å². The lowest BCUT2D eigenvalue weighted by atomic mass is 10.1. The van der Waals surface area contributed by atoms with Crippen LogP contribution in [0.3, 0.4) is 0 Å². The van der Waals surface area contributed by atoms with Crippen LogP contribution in [0.25, 0.3) is 11.8 Å². The molecule has 1 saturated heterocycles. The number of nitrogens with zero attached hydrogens (tertiary/aromatic N) is 2. The number of anilines is 1. The van der Waals surface area contributed by atoms with Gasteiger partial charge in [0.25, 0.3) is 11.8 Å². The number of fused-ring (bicyclic) bond motifs is 1. The number of imide groups is 2. The molecule has 3 heterocycles. The topological polar surface area (TPSA) is 89.9 Å². The lowest BCUT2D eigenvalue weighted by Crippen LogP contribution is -2.54. The van der Waals surface area contributed by atoms with E-state index < -0.39 is 17.8 Å². The van der Waals surface area contributed by atoms with Crippen LogP contribution in [0.2, 0.25) is 0 Å². The van der Waals surface area contributed by atoms with Crippen molar-refractivity contribution in [3.8, 4) is 17.2 Å². The number of urea groups is 1. The summed E-state index contributed by atoms with van der Waals surface area (Å²) in [7, 11) is 0. The zero-order valence-electron chi connectivity index (χ0n) is 15.9. The Hall–Kier alpha value is -3.60. The summed E-state index contributed by atoms with van der Waals surface area (Å²) >= 11 is 2.22. The molecule has 5 rings (SSSR count). The van der Waals surface area contributed by atoms with Gasteiger partial charge in [0, 0.05) is 27.2 Å². The summed E-state index contributed by atoms with van der Waals surface area (Å²) < 4.78 is 13.5. The van der Waals surface area contributed by atoms with Gasteiger partial charge < -0.3 is 14.0 Å². The van der Waals surface area contributed by atoms with Crippen LogP contribution >= 0.6 is 22.6 Å². The first-order valence-electron chi connectivity index (χ1n) is 9.26. The van der Waals surface area contributed by atoms with Crippen LogP contribution in [0, 0.1) is 3.57 Å². The number of benzene rings is 2. The second kappa shape index (κ2) is 7.58. The molecule has 1 aromatic heterocycles. The summed E-state index contributed by atoms with van der Waals surface area (Å²) in [6, 6.07) is 15.3. The SMILES string of the molecule is O=C1NC(=O)N(c2ccc3c(c2)OCO3)C(=O)/C1=C/c1cccn1-c1ccc(I)cc1. The van der Waals surface area contributed by atoms with Crippen LogP contribution in [0.15, 0.2) is 66.4 Å². The molecule has 4 amide bonds. The fourth-order valence-corrected chi connectivity index (χ4v) is 3.77. The number of hydrogen-bond donors (Lipinski definition) is 1. The minimum absolute atomic E-state index is 0.0676. The Labute approximate surface area is 190 Å². The number of ether oxygens (including phenoxy) is 2. The van der Waals surface area contributed by atoms with E-state index in [4.69, 9.17) is 9.47 Å². The molecule has 154 valence electrons. The molecule has 1 N–H and O–H groups in total. The number of aromatic nitrogens is 1. The molecule has 0 unspecified atom stereocenters. The molecule has 9 heteroatoms. The van der Waals surface area contributed by atoms with Crippen molar-refractivity contribution in [1.29, 1.82) is 0 Å². The van der Waals surface area contributed by atoms with Gasteiger partial charge in [-0.15, -0.1) is 0 Å². The quantitative estimate of drug-likeness (QED) is 0.320. The van der Waals surface area contributed by atoms with Crippen molar-refractivity contribution in [2.75, 3.05) is 11.7 Å². The number of hydrogen-bond acceptors (Lipinski definition) is 5. The number of nitrogens with one attached hydrogen (secondary N) is 1. The number of halogens is 1. The van der Waals surface area contributed by atoms with Crippen molar-refractivity contribution >= 4 is 52.2 Å². The maximum atomic E-state index is 13.2. The number of amides is 4. The van der Waals surface area contributed by atoms with E-state index in [-0.39, 0.29) is 18.1 Å². The first-order chi connectivity index (χ1) is 15.0. The molecule has 2 aromatic carbocycles. The molecular formula is C22H14IN3O5. The molecule has 0 radical (unpaired) electrons. The highest BCUT2D eigenvalue weighted by molar-refractivity contribution is 14.1. The van der Waals surface area contributed by atoms with Gasteiger partial charge in [-0.1, -0.05) is 0 Å². The van der Waals surface area contributed by atoms with Crippen molar-refractivity contribution in [3.63, 3.8) is 0 Å². The monoisotopic (exact) mass is 527 g/mol. The maximum absolute atomic E-state index is 13.2. The average molecular weight is 527 g/mol. The molecule has 0 bridgehead atoms. The molecule has 1 fully saturated rings. The smallest absolute Gasteiger partial charge is 0.335 e. The Morgan fingerprint density at radius 2 is 1.68 bits per heavy atom. The molecule has 31 heavy (non-hydrogen) atoms. The van der Waals surface area contributed by atoms with Crippen LogP contribution in [0.5, 0.6) is 11.5 Å². The van der Waals surface area contributed by atoms with Crippen LogP contribution in [0.1, 0.15) is 5.69 Å². The van der Waals surface area contributed by atoms with Crippen molar-refractivity contribution in [2.24, 2.45) is 0 Å². The molecule has 3 aromatic rings.